The van der Waals surface area contributed by atoms with Crippen molar-refractivity contribution in [2.75, 3.05) is 0 Å². The third kappa shape index (κ3) is 12.9. The number of hydrogen-bond acceptors (Lipinski definition) is 6. The Morgan fingerprint density at radius 3 is 1.63 bits per heavy atom. The number of hydrogen-bond donors (Lipinski definition) is 1. The number of unbranched alkanes of at least 4 members (excludes halogenated alkanes) is 9. The minimum atomic E-state index is -5.25. The Balaban J connectivity index is -0.00000364. The van der Waals surface area contributed by atoms with Gasteiger partial charge in [-0.05, 0) is 19.8 Å². The number of rotatable bonds is 17. The van der Waals surface area contributed by atoms with Crippen molar-refractivity contribution in [2.24, 2.45) is 5.92 Å². The van der Waals surface area contributed by atoms with E-state index in [0.29, 0.717) is 6.42 Å². The monoisotopic (exact) mass is 496 g/mol. The summed E-state index contributed by atoms with van der Waals surface area (Å²) >= 11 is 0. The predicted molar refractivity (Wildman–Crippen MR) is 104 cm³/mol. The molecule has 0 saturated heterocycles. The fourth-order valence-corrected chi connectivity index (χ4v) is 4.65. The quantitative estimate of drug-likeness (QED) is 0.0939. The summed E-state index contributed by atoms with van der Waals surface area (Å²) in [6, 6.07) is 0. The Hall–Kier alpha value is 1.86. The second-order valence-corrected chi connectivity index (χ2v) is 9.30. The molecule has 0 fully saturated rings. The Kier molecular flexibility index (Phi) is 23.3. The zero-order valence-corrected chi connectivity index (χ0v) is 26.1. The molecule has 0 rings (SSSR count). The molecular formula is C20H34K2O7S. The molecule has 0 saturated carbocycles. The molecule has 7 nitrogen and oxygen atoms in total. The second kappa shape index (κ2) is 19.2. The molecule has 0 heterocycles. The van der Waals surface area contributed by atoms with E-state index in [4.69, 9.17) is 0 Å². The van der Waals surface area contributed by atoms with E-state index in [1.165, 1.54) is 32.6 Å². The van der Waals surface area contributed by atoms with Crippen LogP contribution in [-0.4, -0.2) is 29.7 Å². The Bertz CT molecular complexity index is 623. The number of allylic oxidation sites excluding steroid dienone is 1. The van der Waals surface area contributed by atoms with Crippen LogP contribution in [0.3, 0.4) is 0 Å². The SMILES string of the molecule is C=C(C)CC(C(=O)[O-])C(CCCCCCCCCCCC)(C(=O)[O-])S(=O)(=O)O.[K+].[K+]. The first-order valence-corrected chi connectivity index (χ1v) is 11.5. The molecule has 0 aromatic carbocycles. The first-order chi connectivity index (χ1) is 13.0. The van der Waals surface area contributed by atoms with Crippen molar-refractivity contribution in [3.8, 4) is 0 Å². The number of carbonyl (C=O) groups excluding carboxylic acids is 2. The molecule has 2 atom stereocenters. The number of aliphatic carboxylic acids is 2. The van der Waals surface area contributed by atoms with Gasteiger partial charge in [0.2, 0.25) is 0 Å². The Morgan fingerprint density at radius 1 is 0.933 bits per heavy atom. The van der Waals surface area contributed by atoms with Crippen molar-refractivity contribution < 1.29 is 136 Å². The van der Waals surface area contributed by atoms with Gasteiger partial charge in [-0.25, -0.2) is 0 Å². The molecule has 0 spiro atoms. The van der Waals surface area contributed by atoms with Crippen LogP contribution in [-0.2, 0) is 19.7 Å². The van der Waals surface area contributed by atoms with Gasteiger partial charge < -0.3 is 19.8 Å². The molecule has 0 aromatic heterocycles. The summed E-state index contributed by atoms with van der Waals surface area (Å²) in [7, 11) is -5.25. The largest absolute Gasteiger partial charge is 1.00 e. The molecule has 0 amide bonds. The van der Waals surface area contributed by atoms with Crippen LogP contribution >= 0.6 is 0 Å². The first-order valence-electron chi connectivity index (χ1n) is 10.0. The van der Waals surface area contributed by atoms with E-state index in [0.717, 1.165) is 25.7 Å². The van der Waals surface area contributed by atoms with Crippen molar-refractivity contribution in [3.05, 3.63) is 12.2 Å². The summed E-state index contributed by atoms with van der Waals surface area (Å²) in [5, 5.41) is 23.2. The molecule has 0 aliphatic rings. The fourth-order valence-electron chi connectivity index (χ4n) is 3.49. The maximum Gasteiger partial charge on any atom is 1.00 e. The van der Waals surface area contributed by atoms with Crippen LogP contribution in [0.4, 0.5) is 0 Å². The van der Waals surface area contributed by atoms with Gasteiger partial charge in [-0.1, -0.05) is 76.7 Å². The van der Waals surface area contributed by atoms with Crippen molar-refractivity contribution in [3.63, 3.8) is 0 Å². The van der Waals surface area contributed by atoms with E-state index in [9.17, 15) is 32.8 Å². The van der Waals surface area contributed by atoms with E-state index in [1.807, 2.05) is 0 Å². The summed E-state index contributed by atoms with van der Waals surface area (Å²) in [5.74, 6) is -5.96. The van der Waals surface area contributed by atoms with Crippen molar-refractivity contribution >= 4 is 22.1 Å². The predicted octanol–water partition coefficient (Wildman–Crippen LogP) is -3.99. The van der Waals surface area contributed by atoms with E-state index in [1.54, 1.807) is 0 Å². The van der Waals surface area contributed by atoms with Gasteiger partial charge in [0, 0.05) is 11.9 Å². The number of carboxylic acid groups (broad SMARTS) is 2. The molecule has 0 aromatic rings. The molecule has 2 unspecified atom stereocenters. The minimum absolute atomic E-state index is 0. The van der Waals surface area contributed by atoms with Gasteiger partial charge in [-0.3, -0.25) is 4.55 Å². The molecule has 10 heteroatoms. The first kappa shape index (κ1) is 36.4. The minimum Gasteiger partial charge on any atom is -0.550 e. The van der Waals surface area contributed by atoms with E-state index in [-0.39, 0.29) is 115 Å². The molecule has 0 aliphatic carbocycles. The summed E-state index contributed by atoms with van der Waals surface area (Å²) < 4.78 is 30.5. The molecular weight excluding hydrogens is 462 g/mol. The molecule has 0 bridgehead atoms. The molecule has 0 radical (unpaired) electrons. The average molecular weight is 497 g/mol. The van der Waals surface area contributed by atoms with Gasteiger partial charge in [0.05, 0.1) is 5.97 Å². The van der Waals surface area contributed by atoms with Crippen LogP contribution < -0.4 is 113 Å². The van der Waals surface area contributed by atoms with Crippen LogP contribution in [0, 0.1) is 5.92 Å². The van der Waals surface area contributed by atoms with E-state index < -0.39 is 45.6 Å². The van der Waals surface area contributed by atoms with Crippen LogP contribution in [0.25, 0.3) is 0 Å². The zero-order chi connectivity index (χ0) is 21.8. The summed E-state index contributed by atoms with van der Waals surface area (Å²) in [6.45, 7) is 7.11. The second-order valence-electron chi connectivity index (χ2n) is 7.62. The normalized spacial score (nSPS) is 14.0. The Morgan fingerprint density at radius 2 is 1.33 bits per heavy atom. The summed E-state index contributed by atoms with van der Waals surface area (Å²) in [4.78, 5) is 23.2. The van der Waals surface area contributed by atoms with Crippen LogP contribution in [0.1, 0.15) is 90.9 Å². The molecule has 30 heavy (non-hydrogen) atoms. The molecule has 164 valence electrons. The van der Waals surface area contributed by atoms with Gasteiger partial charge in [0.15, 0.2) is 0 Å². The van der Waals surface area contributed by atoms with Crippen molar-refractivity contribution in [2.45, 2.75) is 95.6 Å². The Labute approximate surface area is 266 Å². The zero-order valence-electron chi connectivity index (χ0n) is 19.1. The topological polar surface area (TPSA) is 135 Å². The van der Waals surface area contributed by atoms with Gasteiger partial charge in [-0.2, -0.15) is 8.42 Å². The van der Waals surface area contributed by atoms with Crippen LogP contribution in [0.5, 0.6) is 0 Å². The van der Waals surface area contributed by atoms with E-state index >= 15 is 0 Å². The summed E-state index contributed by atoms with van der Waals surface area (Å²) in [5.41, 5.74) is 0.270. The van der Waals surface area contributed by atoms with Crippen LogP contribution in [0.2, 0.25) is 0 Å². The van der Waals surface area contributed by atoms with Crippen LogP contribution in [0.15, 0.2) is 12.2 Å². The molecule has 1 N–H and O–H groups in total. The molecule has 0 aliphatic heterocycles. The van der Waals surface area contributed by atoms with Gasteiger partial charge in [-0.15, -0.1) is 6.58 Å². The van der Waals surface area contributed by atoms with Gasteiger partial charge >= 0.3 is 103 Å². The number of carbonyl (C=O) groups is 2. The average Bonchev–Trinajstić information content (AvgIpc) is 2.56. The third-order valence-electron chi connectivity index (χ3n) is 5.11. The van der Waals surface area contributed by atoms with Gasteiger partial charge in [0.25, 0.3) is 10.1 Å². The number of carboxylic acids is 2. The van der Waals surface area contributed by atoms with Crippen molar-refractivity contribution in [1.29, 1.82) is 0 Å². The van der Waals surface area contributed by atoms with E-state index in [2.05, 4.69) is 13.5 Å². The maximum atomic E-state index is 11.9. The smallest absolute Gasteiger partial charge is 0.550 e. The van der Waals surface area contributed by atoms with Crippen molar-refractivity contribution in [1.82, 2.24) is 0 Å². The summed E-state index contributed by atoms with van der Waals surface area (Å²) in [6.07, 6.45) is 8.39. The fraction of sp³-hybridized carbons (Fsp3) is 0.800. The maximum absolute atomic E-state index is 11.9. The van der Waals surface area contributed by atoms with Gasteiger partial charge in [0.1, 0.15) is 4.75 Å². The third-order valence-corrected chi connectivity index (χ3v) is 6.68. The standard InChI is InChI=1S/C20H36O7S.2K/c1-4-5-6-7-8-9-10-11-12-13-14-20(19(23)24,28(25,26)27)17(18(21)22)15-16(2)3;;/h17H,2,4-15H2,1,3H3,(H,21,22)(H,23,24)(H,25,26,27);;/q;2*+1/p-2.